The molecule has 2 nitrogen and oxygen atoms in total. The van der Waals surface area contributed by atoms with Gasteiger partial charge in [0.2, 0.25) is 0 Å². The maximum atomic E-state index is 3.62. The summed E-state index contributed by atoms with van der Waals surface area (Å²) in [5.74, 6) is 0. The van der Waals surface area contributed by atoms with E-state index in [0.29, 0.717) is 6.04 Å². The van der Waals surface area contributed by atoms with Gasteiger partial charge in [0.05, 0.1) is 0 Å². The van der Waals surface area contributed by atoms with Crippen LogP contribution in [-0.4, -0.2) is 30.6 Å². The number of fused-ring (bicyclic) bond motifs is 1. The first-order valence-corrected chi connectivity index (χ1v) is 8.34. The predicted octanol–water partition coefficient (Wildman–Crippen LogP) is 3.78. The Labute approximate surface area is 118 Å². The van der Waals surface area contributed by atoms with Gasteiger partial charge >= 0.3 is 0 Å². The Morgan fingerprint density at radius 2 is 2.06 bits per heavy atom. The SMILES string of the molecule is CCN(CC)CC(C)NCc1cc2sccc2s1. The highest BCUT2D eigenvalue weighted by Crippen LogP contribution is 2.29. The Kier molecular flexibility index (Phi) is 5.18. The molecular weight excluding hydrogens is 260 g/mol. The summed E-state index contributed by atoms with van der Waals surface area (Å²) in [6.45, 7) is 11.1. The lowest BCUT2D eigenvalue weighted by atomic mass is 10.3. The molecule has 0 aromatic carbocycles. The minimum atomic E-state index is 0.546. The standard InChI is InChI=1S/C14H22N2S2/c1-4-16(5-2)10-11(3)15-9-12-8-14-13(18-12)6-7-17-14/h6-8,11,15H,4-5,9-10H2,1-3H3. The van der Waals surface area contributed by atoms with Gasteiger partial charge in [-0.3, -0.25) is 0 Å². The highest BCUT2D eigenvalue weighted by Gasteiger charge is 2.08. The smallest absolute Gasteiger partial charge is 0.0453 e. The first kappa shape index (κ1) is 14.0. The van der Waals surface area contributed by atoms with E-state index in [1.165, 1.54) is 14.3 Å². The van der Waals surface area contributed by atoms with Crippen molar-refractivity contribution >= 4 is 32.1 Å². The van der Waals surface area contributed by atoms with Gasteiger partial charge < -0.3 is 10.2 Å². The van der Waals surface area contributed by atoms with E-state index in [2.05, 4.69) is 48.5 Å². The molecule has 1 atom stereocenters. The minimum Gasteiger partial charge on any atom is -0.308 e. The highest BCUT2D eigenvalue weighted by atomic mass is 32.1. The molecule has 2 aromatic heterocycles. The first-order chi connectivity index (χ1) is 8.72. The lowest BCUT2D eigenvalue weighted by Gasteiger charge is -2.23. The number of likely N-dealkylation sites (N-methyl/N-ethyl adjacent to an activating group) is 1. The average molecular weight is 282 g/mol. The number of rotatable bonds is 7. The summed E-state index contributed by atoms with van der Waals surface area (Å²) in [5.41, 5.74) is 0. The summed E-state index contributed by atoms with van der Waals surface area (Å²) in [6, 6.07) is 5.08. The van der Waals surface area contributed by atoms with Gasteiger partial charge in [-0.1, -0.05) is 13.8 Å². The molecule has 0 saturated carbocycles. The minimum absolute atomic E-state index is 0.546. The molecule has 18 heavy (non-hydrogen) atoms. The van der Waals surface area contributed by atoms with E-state index in [4.69, 9.17) is 0 Å². The second-order valence-corrected chi connectivity index (χ2v) is 6.75. The van der Waals surface area contributed by atoms with Crippen molar-refractivity contribution in [2.24, 2.45) is 0 Å². The van der Waals surface area contributed by atoms with Crippen LogP contribution in [0.4, 0.5) is 0 Å². The van der Waals surface area contributed by atoms with Gasteiger partial charge in [-0.05, 0) is 37.5 Å². The molecule has 0 spiro atoms. The van der Waals surface area contributed by atoms with Crippen LogP contribution in [-0.2, 0) is 6.54 Å². The normalized spacial score (nSPS) is 13.6. The molecule has 2 rings (SSSR count). The Hall–Kier alpha value is -0.420. The van der Waals surface area contributed by atoms with E-state index in [1.54, 1.807) is 0 Å². The summed E-state index contributed by atoms with van der Waals surface area (Å²) >= 11 is 3.75. The Morgan fingerprint density at radius 3 is 2.72 bits per heavy atom. The third-order valence-electron chi connectivity index (χ3n) is 3.24. The summed E-state index contributed by atoms with van der Waals surface area (Å²) in [6.07, 6.45) is 0. The number of nitrogens with zero attached hydrogens (tertiary/aromatic N) is 1. The molecule has 4 heteroatoms. The number of hydrogen-bond donors (Lipinski definition) is 1. The molecule has 2 heterocycles. The topological polar surface area (TPSA) is 15.3 Å². The third kappa shape index (κ3) is 3.54. The summed E-state index contributed by atoms with van der Waals surface area (Å²) in [4.78, 5) is 3.91. The van der Waals surface area contributed by atoms with E-state index >= 15 is 0 Å². The fourth-order valence-electron chi connectivity index (χ4n) is 2.11. The lowest BCUT2D eigenvalue weighted by molar-refractivity contribution is 0.271. The van der Waals surface area contributed by atoms with Gasteiger partial charge in [0, 0.05) is 33.4 Å². The van der Waals surface area contributed by atoms with Crippen LogP contribution in [0.2, 0.25) is 0 Å². The van der Waals surface area contributed by atoms with Gasteiger partial charge in [-0.15, -0.1) is 22.7 Å². The van der Waals surface area contributed by atoms with Crippen molar-refractivity contribution in [1.29, 1.82) is 0 Å². The average Bonchev–Trinajstić information content (AvgIpc) is 2.93. The zero-order valence-corrected chi connectivity index (χ0v) is 13.0. The largest absolute Gasteiger partial charge is 0.308 e. The fraction of sp³-hybridized carbons (Fsp3) is 0.571. The summed E-state index contributed by atoms with van der Waals surface area (Å²) in [7, 11) is 0. The van der Waals surface area contributed by atoms with Crippen LogP contribution < -0.4 is 5.32 Å². The van der Waals surface area contributed by atoms with Gasteiger partial charge in [-0.25, -0.2) is 0 Å². The van der Waals surface area contributed by atoms with Crippen LogP contribution in [0.5, 0.6) is 0 Å². The number of thiophene rings is 2. The molecule has 100 valence electrons. The van der Waals surface area contributed by atoms with Crippen molar-refractivity contribution < 1.29 is 0 Å². The second kappa shape index (κ2) is 6.66. The van der Waals surface area contributed by atoms with Gasteiger partial charge in [0.25, 0.3) is 0 Å². The molecule has 0 amide bonds. The molecule has 0 saturated heterocycles. The first-order valence-electron chi connectivity index (χ1n) is 6.64. The highest BCUT2D eigenvalue weighted by molar-refractivity contribution is 7.26. The third-order valence-corrected chi connectivity index (χ3v) is 5.34. The van der Waals surface area contributed by atoms with Crippen LogP contribution in [0.1, 0.15) is 25.6 Å². The second-order valence-electron chi connectivity index (χ2n) is 4.63. The number of hydrogen-bond acceptors (Lipinski definition) is 4. The molecule has 0 radical (unpaired) electrons. The summed E-state index contributed by atoms with van der Waals surface area (Å²) in [5, 5.41) is 5.79. The van der Waals surface area contributed by atoms with Crippen LogP contribution in [0.3, 0.4) is 0 Å². The monoisotopic (exact) mass is 282 g/mol. The molecule has 1 N–H and O–H groups in total. The van der Waals surface area contributed by atoms with Gasteiger partial charge in [0.1, 0.15) is 0 Å². The molecule has 0 aliphatic carbocycles. The van der Waals surface area contributed by atoms with E-state index < -0.39 is 0 Å². The Morgan fingerprint density at radius 1 is 1.28 bits per heavy atom. The quantitative estimate of drug-likeness (QED) is 0.831. The molecule has 2 aromatic rings. The van der Waals surface area contributed by atoms with E-state index in [9.17, 15) is 0 Å². The Bertz CT molecular complexity index is 442. The van der Waals surface area contributed by atoms with E-state index in [1.807, 2.05) is 22.7 Å². The fourth-order valence-corrected chi connectivity index (χ4v) is 4.20. The van der Waals surface area contributed by atoms with Crippen molar-refractivity contribution in [2.75, 3.05) is 19.6 Å². The Balaban J connectivity index is 1.82. The lowest BCUT2D eigenvalue weighted by Crippen LogP contribution is -2.38. The maximum Gasteiger partial charge on any atom is 0.0453 e. The van der Waals surface area contributed by atoms with Crippen LogP contribution in [0.25, 0.3) is 9.40 Å². The van der Waals surface area contributed by atoms with Crippen LogP contribution >= 0.6 is 22.7 Å². The molecule has 0 aliphatic heterocycles. The van der Waals surface area contributed by atoms with E-state index in [-0.39, 0.29) is 0 Å². The molecule has 0 fully saturated rings. The zero-order chi connectivity index (χ0) is 13.0. The van der Waals surface area contributed by atoms with Crippen LogP contribution in [0.15, 0.2) is 17.5 Å². The molecule has 1 unspecified atom stereocenters. The van der Waals surface area contributed by atoms with Crippen molar-refractivity contribution in [2.45, 2.75) is 33.4 Å². The predicted molar refractivity (Wildman–Crippen MR) is 83.8 cm³/mol. The van der Waals surface area contributed by atoms with Crippen molar-refractivity contribution in [3.63, 3.8) is 0 Å². The van der Waals surface area contributed by atoms with Gasteiger partial charge in [0.15, 0.2) is 0 Å². The summed E-state index contributed by atoms with van der Waals surface area (Å²) < 4.78 is 2.85. The van der Waals surface area contributed by atoms with Crippen molar-refractivity contribution in [3.05, 3.63) is 22.4 Å². The molecule has 0 aliphatic rings. The van der Waals surface area contributed by atoms with Crippen molar-refractivity contribution in [3.8, 4) is 0 Å². The van der Waals surface area contributed by atoms with E-state index in [0.717, 1.165) is 26.2 Å². The molecule has 0 bridgehead atoms. The number of nitrogens with one attached hydrogen (secondary N) is 1. The van der Waals surface area contributed by atoms with Crippen LogP contribution in [0, 0.1) is 0 Å². The van der Waals surface area contributed by atoms with Crippen molar-refractivity contribution in [1.82, 2.24) is 10.2 Å². The van der Waals surface area contributed by atoms with Gasteiger partial charge in [-0.2, -0.15) is 0 Å². The maximum absolute atomic E-state index is 3.62. The zero-order valence-electron chi connectivity index (χ0n) is 11.4. The molecular formula is C14H22N2S2.